The maximum absolute atomic E-state index is 13.1. The second-order valence-electron chi connectivity index (χ2n) is 7.24. The maximum atomic E-state index is 13.1. The first-order chi connectivity index (χ1) is 15.1. The molecule has 5 nitrogen and oxygen atoms in total. The van der Waals surface area contributed by atoms with Gasteiger partial charge in [0.05, 0.1) is 36.8 Å². The predicted octanol–water partition coefficient (Wildman–Crippen LogP) is 6.29. The van der Waals surface area contributed by atoms with Crippen LogP contribution < -0.4 is 5.32 Å². The molecule has 0 radical (unpaired) electrons. The lowest BCUT2D eigenvalue weighted by Crippen LogP contribution is -2.26. The van der Waals surface area contributed by atoms with E-state index in [2.05, 4.69) is 35.6 Å². The molecule has 0 aliphatic carbocycles. The van der Waals surface area contributed by atoms with Gasteiger partial charge in [0.25, 0.3) is 0 Å². The van der Waals surface area contributed by atoms with E-state index in [9.17, 15) is 4.57 Å². The Bertz CT molecular complexity index is 1210. The molecule has 0 saturated carbocycles. The number of fused-ring (bicyclic) bond motifs is 2. The number of nitrogens with zero attached hydrogens (tertiary/aromatic N) is 1. The molecular weight excluding hydrogens is 407 g/mol. The molecule has 1 heterocycles. The topological polar surface area (TPSA) is 60.5 Å². The van der Waals surface area contributed by atoms with E-state index >= 15 is 0 Å². The molecule has 4 aromatic rings. The minimum Gasteiger partial charge on any atom is -0.308 e. The summed E-state index contributed by atoms with van der Waals surface area (Å²) < 4.78 is 24.1. The third kappa shape index (κ3) is 4.86. The number of rotatable bonds is 9. The van der Waals surface area contributed by atoms with Crippen LogP contribution in [-0.2, 0) is 13.6 Å². The highest BCUT2D eigenvalue weighted by Crippen LogP contribution is 2.47. The van der Waals surface area contributed by atoms with Gasteiger partial charge < -0.3 is 9.05 Å². The summed E-state index contributed by atoms with van der Waals surface area (Å²) in [6, 6.07) is 26.3. The third-order valence-corrected chi connectivity index (χ3v) is 7.06. The summed E-state index contributed by atoms with van der Waals surface area (Å²) in [5.74, 6) is 0. The molecule has 0 spiro atoms. The molecule has 0 fully saturated rings. The third-order valence-electron chi connectivity index (χ3n) is 5.19. The minimum atomic E-state index is -3.26. The maximum Gasteiger partial charge on any atom is 0.344 e. The summed E-state index contributed by atoms with van der Waals surface area (Å²) in [5, 5.41) is 6.79. The summed E-state index contributed by atoms with van der Waals surface area (Å²) in [7, 11) is -3.26. The van der Waals surface area contributed by atoms with Gasteiger partial charge in [-0.2, -0.15) is 0 Å². The normalized spacial score (nSPS) is 13.0. The Balaban J connectivity index is 1.79. The molecule has 6 heteroatoms. The van der Waals surface area contributed by atoms with Crippen molar-refractivity contribution < 1.29 is 13.6 Å². The van der Waals surface area contributed by atoms with Gasteiger partial charge in [0.2, 0.25) is 0 Å². The van der Waals surface area contributed by atoms with Crippen molar-refractivity contribution in [2.45, 2.75) is 19.9 Å². The fourth-order valence-electron chi connectivity index (χ4n) is 3.84. The van der Waals surface area contributed by atoms with Crippen LogP contribution in [0.1, 0.15) is 31.1 Å². The van der Waals surface area contributed by atoms with Crippen molar-refractivity contribution in [2.24, 2.45) is 0 Å². The second kappa shape index (κ2) is 9.71. The fourth-order valence-corrected chi connectivity index (χ4v) is 5.29. The Labute approximate surface area is 183 Å². The number of pyridine rings is 1. The van der Waals surface area contributed by atoms with Gasteiger partial charge in [-0.3, -0.25) is 14.9 Å². The highest BCUT2D eigenvalue weighted by molar-refractivity contribution is 7.53. The molecule has 1 aromatic heterocycles. The van der Waals surface area contributed by atoms with Crippen LogP contribution in [0.2, 0.25) is 0 Å². The van der Waals surface area contributed by atoms with Gasteiger partial charge in [0.1, 0.15) is 0 Å². The van der Waals surface area contributed by atoms with Crippen LogP contribution in [0.5, 0.6) is 0 Å². The highest BCUT2D eigenvalue weighted by Gasteiger charge is 2.27. The van der Waals surface area contributed by atoms with Crippen molar-refractivity contribution in [2.75, 3.05) is 19.5 Å². The molecule has 1 atom stereocenters. The van der Waals surface area contributed by atoms with E-state index in [1.807, 2.05) is 62.4 Å². The molecule has 0 saturated heterocycles. The molecule has 3 aromatic carbocycles. The van der Waals surface area contributed by atoms with Crippen molar-refractivity contribution in [3.05, 3.63) is 90.1 Å². The van der Waals surface area contributed by atoms with Crippen molar-refractivity contribution in [1.29, 1.82) is 0 Å². The van der Waals surface area contributed by atoms with Gasteiger partial charge in [-0.15, -0.1) is 0 Å². The first-order valence-electron chi connectivity index (χ1n) is 10.6. The van der Waals surface area contributed by atoms with Crippen LogP contribution in [0.3, 0.4) is 0 Å². The molecular formula is C25H27N2O3P. The van der Waals surface area contributed by atoms with Crippen molar-refractivity contribution in [3.8, 4) is 0 Å². The van der Waals surface area contributed by atoms with Crippen molar-refractivity contribution >= 4 is 29.3 Å². The molecule has 160 valence electrons. The predicted molar refractivity (Wildman–Crippen MR) is 126 cm³/mol. The van der Waals surface area contributed by atoms with Crippen LogP contribution in [-0.4, -0.2) is 24.5 Å². The quantitative estimate of drug-likeness (QED) is 0.314. The Morgan fingerprint density at radius 2 is 1.52 bits per heavy atom. The summed E-state index contributed by atoms with van der Waals surface area (Å²) in [5.41, 5.74) is 2.85. The average Bonchev–Trinajstić information content (AvgIpc) is 2.79. The summed E-state index contributed by atoms with van der Waals surface area (Å²) in [6.45, 7) is 4.29. The van der Waals surface area contributed by atoms with E-state index < -0.39 is 7.60 Å². The molecule has 0 aliphatic rings. The number of nitrogens with one attached hydrogen (secondary N) is 1. The lowest BCUT2D eigenvalue weighted by atomic mass is 9.96. The van der Waals surface area contributed by atoms with Crippen LogP contribution in [0.15, 0.2) is 78.9 Å². The standard InChI is InChI=1S/C25H27N2O3P/c1-3-29-31(28,30-4-2)18-26-25(22-14-9-12-19-10-5-7-13-21(19)22)24-17-16-20-11-6-8-15-23(20)27-24/h5-17,25-26H,3-4,18H2,1-2H3. The lowest BCUT2D eigenvalue weighted by Gasteiger charge is -2.24. The Morgan fingerprint density at radius 3 is 2.29 bits per heavy atom. The minimum absolute atomic E-state index is 0.0943. The van der Waals surface area contributed by atoms with Crippen LogP contribution >= 0.6 is 7.60 Å². The molecule has 0 amide bonds. The zero-order valence-electron chi connectivity index (χ0n) is 17.8. The smallest absolute Gasteiger partial charge is 0.308 e. The largest absolute Gasteiger partial charge is 0.344 e. The summed E-state index contributed by atoms with van der Waals surface area (Å²) >= 11 is 0. The molecule has 1 unspecified atom stereocenters. The molecule has 0 aliphatic heterocycles. The van der Waals surface area contributed by atoms with Crippen molar-refractivity contribution in [3.63, 3.8) is 0 Å². The van der Waals surface area contributed by atoms with Crippen LogP contribution in [0.25, 0.3) is 21.7 Å². The summed E-state index contributed by atoms with van der Waals surface area (Å²) in [4.78, 5) is 4.92. The van der Waals surface area contributed by atoms with Crippen LogP contribution in [0.4, 0.5) is 0 Å². The first-order valence-corrected chi connectivity index (χ1v) is 12.3. The van der Waals surface area contributed by atoms with E-state index in [-0.39, 0.29) is 12.3 Å². The van der Waals surface area contributed by atoms with E-state index in [4.69, 9.17) is 14.0 Å². The number of para-hydroxylation sites is 1. The number of hydrogen-bond acceptors (Lipinski definition) is 5. The van der Waals surface area contributed by atoms with E-state index in [0.717, 1.165) is 32.9 Å². The Hall–Kier alpha value is -2.56. The lowest BCUT2D eigenvalue weighted by molar-refractivity contribution is 0.217. The second-order valence-corrected chi connectivity index (χ2v) is 9.29. The number of benzene rings is 3. The molecule has 31 heavy (non-hydrogen) atoms. The van der Waals surface area contributed by atoms with Gasteiger partial charge in [-0.25, -0.2) is 0 Å². The Morgan fingerprint density at radius 1 is 0.839 bits per heavy atom. The first kappa shape index (κ1) is 21.7. The van der Waals surface area contributed by atoms with E-state index in [1.165, 1.54) is 0 Å². The van der Waals surface area contributed by atoms with E-state index in [1.54, 1.807) is 0 Å². The average molecular weight is 434 g/mol. The van der Waals surface area contributed by atoms with E-state index in [0.29, 0.717) is 13.2 Å². The van der Waals surface area contributed by atoms with Crippen LogP contribution in [0, 0.1) is 0 Å². The monoisotopic (exact) mass is 434 g/mol. The van der Waals surface area contributed by atoms with Gasteiger partial charge in [-0.1, -0.05) is 66.7 Å². The molecule has 4 rings (SSSR count). The number of hydrogen-bond donors (Lipinski definition) is 1. The highest BCUT2D eigenvalue weighted by atomic mass is 31.2. The molecule has 1 N–H and O–H groups in total. The van der Waals surface area contributed by atoms with Gasteiger partial charge in [0.15, 0.2) is 0 Å². The van der Waals surface area contributed by atoms with Gasteiger partial charge >= 0.3 is 7.60 Å². The van der Waals surface area contributed by atoms with Gasteiger partial charge in [0, 0.05) is 5.39 Å². The Kier molecular flexibility index (Phi) is 6.79. The van der Waals surface area contributed by atoms with Crippen molar-refractivity contribution in [1.82, 2.24) is 10.3 Å². The zero-order chi connectivity index (χ0) is 21.7. The molecule has 0 bridgehead atoms. The SMILES string of the molecule is CCOP(=O)(CNC(c1ccc2ccccc2n1)c1cccc2ccccc12)OCC. The zero-order valence-corrected chi connectivity index (χ0v) is 18.7. The number of aromatic nitrogens is 1. The fraction of sp³-hybridized carbons (Fsp3) is 0.240. The summed E-state index contributed by atoms with van der Waals surface area (Å²) in [6.07, 6.45) is 0.0943. The van der Waals surface area contributed by atoms with Gasteiger partial charge in [-0.05, 0) is 42.3 Å².